The van der Waals surface area contributed by atoms with Crippen LogP contribution < -0.4 is 0 Å². The third-order valence-corrected chi connectivity index (χ3v) is 1.26. The first-order chi connectivity index (χ1) is 4.66. The van der Waals surface area contributed by atoms with Crippen molar-refractivity contribution in [1.82, 2.24) is 0 Å². The van der Waals surface area contributed by atoms with Crippen LogP contribution in [0.2, 0.25) is 0 Å². The molecular weight excluding hydrogens is 135 g/mol. The number of hydrogen-bond donors (Lipinski definition) is 0. The first-order valence-electron chi connectivity index (χ1n) is 3.50. The number of carbonyl (C=O) groups is 1. The van der Waals surface area contributed by atoms with Crippen molar-refractivity contribution in [3.63, 3.8) is 0 Å². The molecule has 0 saturated heterocycles. The summed E-state index contributed by atoms with van der Waals surface area (Å²) in [6, 6.07) is 0. The van der Waals surface area contributed by atoms with Crippen molar-refractivity contribution < 1.29 is 14.3 Å². The van der Waals surface area contributed by atoms with Gasteiger partial charge in [0, 0.05) is 0 Å². The molecule has 0 fully saturated rings. The van der Waals surface area contributed by atoms with Crippen molar-refractivity contribution >= 4 is 5.97 Å². The Kier molecular flexibility index (Phi) is 4.89. The van der Waals surface area contributed by atoms with E-state index in [0.29, 0.717) is 6.42 Å². The van der Waals surface area contributed by atoms with Gasteiger partial charge in [0.15, 0.2) is 0 Å². The maximum Gasteiger partial charge on any atom is 0.358 e. The second-order valence-corrected chi connectivity index (χ2v) is 2.32. The normalized spacial score (nSPS) is 13.0. The maximum atomic E-state index is 12.4. The molecular formula is C7H12FO2. The van der Waals surface area contributed by atoms with Crippen molar-refractivity contribution in [2.24, 2.45) is 0 Å². The molecule has 0 bridgehead atoms. The Hall–Kier alpha value is -0.600. The highest BCUT2D eigenvalue weighted by Gasteiger charge is 2.11. The summed E-state index contributed by atoms with van der Waals surface area (Å²) < 4.78 is 12.4. The highest BCUT2D eigenvalue weighted by molar-refractivity contribution is 5.66. The van der Waals surface area contributed by atoms with Gasteiger partial charge in [-0.1, -0.05) is 19.8 Å². The molecule has 1 atom stereocenters. The fourth-order valence-electron chi connectivity index (χ4n) is 0.709. The van der Waals surface area contributed by atoms with Crippen molar-refractivity contribution in [3.05, 3.63) is 0 Å². The summed E-state index contributed by atoms with van der Waals surface area (Å²) in [4.78, 5) is 9.82. The van der Waals surface area contributed by atoms with Gasteiger partial charge < -0.3 is 0 Å². The number of alkyl halides is 1. The average Bonchev–Trinajstić information content (AvgIpc) is 1.82. The minimum absolute atomic E-state index is 0.338. The fraction of sp³-hybridized carbons (Fsp3) is 0.857. The molecule has 0 aliphatic rings. The molecule has 0 amide bonds. The number of unbranched alkanes of at least 4 members (excludes halogenated alkanes) is 1. The topological polar surface area (TPSA) is 37.0 Å². The molecule has 10 heavy (non-hydrogen) atoms. The van der Waals surface area contributed by atoms with Gasteiger partial charge in [0.1, 0.15) is 6.17 Å². The minimum Gasteiger partial charge on any atom is -0.247 e. The summed E-state index contributed by atoms with van der Waals surface area (Å²) in [7, 11) is 0. The summed E-state index contributed by atoms with van der Waals surface area (Å²) in [6.45, 7) is 1.94. The Morgan fingerprint density at radius 3 is 2.60 bits per heavy atom. The van der Waals surface area contributed by atoms with Gasteiger partial charge in [0.2, 0.25) is 0 Å². The van der Waals surface area contributed by atoms with E-state index in [1.165, 1.54) is 0 Å². The predicted molar refractivity (Wildman–Crippen MR) is 34.7 cm³/mol. The zero-order valence-electron chi connectivity index (χ0n) is 6.10. The Morgan fingerprint density at radius 1 is 1.60 bits per heavy atom. The van der Waals surface area contributed by atoms with Crippen LogP contribution in [0.5, 0.6) is 0 Å². The number of halogens is 1. The molecule has 1 unspecified atom stereocenters. The van der Waals surface area contributed by atoms with Crippen molar-refractivity contribution in [2.75, 3.05) is 0 Å². The molecule has 0 heterocycles. The average molecular weight is 147 g/mol. The Morgan fingerprint density at radius 2 is 2.20 bits per heavy atom. The number of carbonyl (C=O) groups excluding carboxylic acids is 1. The largest absolute Gasteiger partial charge is 0.358 e. The lowest BCUT2D eigenvalue weighted by molar-refractivity contribution is -0.144. The maximum absolute atomic E-state index is 12.4. The Balaban J connectivity index is 3.25. The zero-order chi connectivity index (χ0) is 7.98. The second kappa shape index (κ2) is 5.21. The highest BCUT2D eigenvalue weighted by Crippen LogP contribution is 2.07. The van der Waals surface area contributed by atoms with Crippen LogP contribution >= 0.6 is 0 Å². The van der Waals surface area contributed by atoms with Gasteiger partial charge in [0.05, 0.1) is 6.42 Å². The van der Waals surface area contributed by atoms with E-state index in [2.05, 4.69) is 0 Å². The van der Waals surface area contributed by atoms with Crippen LogP contribution in [0.3, 0.4) is 0 Å². The standard InChI is InChI=1S/C7H12FO2/c1-2-3-4-6(8)5-7(9)10/h6H,2-5H2,1H3. The molecule has 3 heteroatoms. The molecule has 0 aromatic rings. The van der Waals surface area contributed by atoms with Crippen LogP contribution in [0, 0.1) is 0 Å². The summed E-state index contributed by atoms with van der Waals surface area (Å²) in [6.07, 6.45) is 0.303. The SMILES string of the molecule is CCCCC(F)CC([O])=O. The molecule has 0 saturated carbocycles. The summed E-state index contributed by atoms with van der Waals surface area (Å²) >= 11 is 0. The van der Waals surface area contributed by atoms with E-state index in [1.54, 1.807) is 0 Å². The van der Waals surface area contributed by atoms with Gasteiger partial charge in [-0.2, -0.15) is 0 Å². The predicted octanol–water partition coefficient (Wildman–Crippen LogP) is 1.86. The molecule has 0 aromatic heterocycles. The van der Waals surface area contributed by atoms with E-state index in [9.17, 15) is 14.3 Å². The molecule has 2 nitrogen and oxygen atoms in total. The smallest absolute Gasteiger partial charge is 0.247 e. The minimum atomic E-state index is -1.30. The van der Waals surface area contributed by atoms with E-state index in [-0.39, 0.29) is 0 Å². The summed E-state index contributed by atoms with van der Waals surface area (Å²) in [5.41, 5.74) is 0. The highest BCUT2D eigenvalue weighted by atomic mass is 19.1. The van der Waals surface area contributed by atoms with Crippen LogP contribution in [0.4, 0.5) is 4.39 Å². The van der Waals surface area contributed by atoms with E-state index in [1.807, 2.05) is 6.92 Å². The molecule has 0 aliphatic heterocycles. The van der Waals surface area contributed by atoms with Crippen LogP contribution in [0.15, 0.2) is 0 Å². The van der Waals surface area contributed by atoms with Crippen LogP contribution in [-0.4, -0.2) is 12.1 Å². The Labute approximate surface area is 60.1 Å². The van der Waals surface area contributed by atoms with E-state index < -0.39 is 18.6 Å². The van der Waals surface area contributed by atoms with Gasteiger partial charge in [-0.05, 0) is 6.42 Å². The zero-order valence-corrected chi connectivity index (χ0v) is 6.10. The molecule has 0 rings (SSSR count). The molecule has 0 aromatic carbocycles. The first kappa shape index (κ1) is 9.40. The van der Waals surface area contributed by atoms with Gasteiger partial charge >= 0.3 is 5.97 Å². The lowest BCUT2D eigenvalue weighted by Crippen LogP contribution is -2.06. The van der Waals surface area contributed by atoms with Crippen LogP contribution in [0.1, 0.15) is 32.6 Å². The van der Waals surface area contributed by atoms with E-state index >= 15 is 0 Å². The van der Waals surface area contributed by atoms with Crippen LogP contribution in [0.25, 0.3) is 0 Å². The third kappa shape index (κ3) is 5.54. The first-order valence-corrected chi connectivity index (χ1v) is 3.50. The fourth-order valence-corrected chi connectivity index (χ4v) is 0.709. The monoisotopic (exact) mass is 147 g/mol. The van der Waals surface area contributed by atoms with Crippen molar-refractivity contribution in [1.29, 1.82) is 0 Å². The molecule has 0 aliphatic carbocycles. The molecule has 0 N–H and O–H groups in total. The summed E-state index contributed by atoms with van der Waals surface area (Å²) in [5, 5.41) is 9.82. The second-order valence-electron chi connectivity index (χ2n) is 2.32. The van der Waals surface area contributed by atoms with Gasteiger partial charge in [-0.3, -0.25) is 0 Å². The number of hydrogen-bond acceptors (Lipinski definition) is 1. The quantitative estimate of drug-likeness (QED) is 0.584. The summed E-state index contributed by atoms with van der Waals surface area (Å²) in [5.74, 6) is -1.30. The molecule has 59 valence electrons. The van der Waals surface area contributed by atoms with Crippen molar-refractivity contribution in [2.45, 2.75) is 38.8 Å². The lowest BCUT2D eigenvalue weighted by atomic mass is 10.1. The van der Waals surface area contributed by atoms with Crippen LogP contribution in [-0.2, 0) is 9.90 Å². The third-order valence-electron chi connectivity index (χ3n) is 1.26. The lowest BCUT2D eigenvalue weighted by Gasteiger charge is -2.00. The molecule has 0 spiro atoms. The van der Waals surface area contributed by atoms with Crippen molar-refractivity contribution in [3.8, 4) is 0 Å². The van der Waals surface area contributed by atoms with E-state index in [0.717, 1.165) is 12.8 Å². The Bertz CT molecular complexity index is 104. The number of rotatable bonds is 5. The molecule has 1 radical (unpaired) electrons. The van der Waals surface area contributed by atoms with Gasteiger partial charge in [-0.25, -0.2) is 14.3 Å². The van der Waals surface area contributed by atoms with E-state index in [4.69, 9.17) is 0 Å². The van der Waals surface area contributed by atoms with Gasteiger partial charge in [-0.15, -0.1) is 0 Å². The van der Waals surface area contributed by atoms with Gasteiger partial charge in [0.25, 0.3) is 0 Å².